The van der Waals surface area contributed by atoms with Crippen LogP contribution < -0.4 is 5.14 Å². The number of amides is 1. The van der Waals surface area contributed by atoms with Crippen molar-refractivity contribution < 1.29 is 13.2 Å². The van der Waals surface area contributed by atoms with Gasteiger partial charge in [0.25, 0.3) is 0 Å². The molecular formula is C23H32N2O3S. The van der Waals surface area contributed by atoms with Crippen molar-refractivity contribution >= 4 is 15.9 Å². The van der Waals surface area contributed by atoms with Gasteiger partial charge in [0.05, 0.1) is 10.9 Å². The van der Waals surface area contributed by atoms with E-state index in [0.29, 0.717) is 0 Å². The van der Waals surface area contributed by atoms with Gasteiger partial charge in [0, 0.05) is 13.1 Å². The topological polar surface area (TPSA) is 80.5 Å². The molecule has 0 aromatic heterocycles. The van der Waals surface area contributed by atoms with E-state index in [0.717, 1.165) is 23.3 Å². The summed E-state index contributed by atoms with van der Waals surface area (Å²) >= 11 is 0. The van der Waals surface area contributed by atoms with E-state index in [9.17, 15) is 13.2 Å². The number of carbonyl (C=O) groups is 1. The molecular weight excluding hydrogens is 384 g/mol. The molecule has 5 rings (SSSR count). The van der Waals surface area contributed by atoms with Crippen molar-refractivity contribution in [3.8, 4) is 0 Å². The van der Waals surface area contributed by atoms with Gasteiger partial charge in [-0.15, -0.1) is 0 Å². The van der Waals surface area contributed by atoms with E-state index in [1.165, 1.54) is 50.2 Å². The molecule has 0 radical (unpaired) electrons. The van der Waals surface area contributed by atoms with Crippen molar-refractivity contribution in [3.05, 3.63) is 41.5 Å². The molecule has 1 atom stereocenters. The fourth-order valence-electron chi connectivity index (χ4n) is 6.40. The molecule has 0 saturated heterocycles. The van der Waals surface area contributed by atoms with E-state index in [4.69, 9.17) is 5.14 Å². The van der Waals surface area contributed by atoms with Gasteiger partial charge in [-0.25, -0.2) is 13.6 Å². The van der Waals surface area contributed by atoms with E-state index < -0.39 is 10.0 Å². The van der Waals surface area contributed by atoms with Crippen molar-refractivity contribution in [2.45, 2.75) is 63.3 Å². The van der Waals surface area contributed by atoms with Crippen LogP contribution in [0, 0.1) is 23.2 Å². The standard InChI is InChI=1S/C23H32N2O3S/c1-15(23-12-17-8-18(13-23)10-19(9-17)14-23)7-22(26)25(3)16(2)20-5-4-6-21(11-20)29(24,27)28/h4-7,11,16-19H,8-10,12-14H2,1-3H3,(H2,24,27,28)/b15-7-. The normalized spacial score (nSPS) is 32.3. The van der Waals surface area contributed by atoms with Crippen LogP contribution in [0.5, 0.6) is 0 Å². The van der Waals surface area contributed by atoms with Crippen molar-refractivity contribution in [2.24, 2.45) is 28.3 Å². The van der Waals surface area contributed by atoms with Crippen molar-refractivity contribution in [2.75, 3.05) is 7.05 Å². The number of sulfonamides is 1. The van der Waals surface area contributed by atoms with Gasteiger partial charge < -0.3 is 4.90 Å². The van der Waals surface area contributed by atoms with Crippen molar-refractivity contribution in [3.63, 3.8) is 0 Å². The minimum Gasteiger partial charge on any atom is -0.335 e. The lowest BCUT2D eigenvalue weighted by Gasteiger charge is -2.57. The second kappa shape index (κ2) is 7.24. The minimum atomic E-state index is -3.77. The predicted molar refractivity (Wildman–Crippen MR) is 113 cm³/mol. The Balaban J connectivity index is 1.52. The van der Waals surface area contributed by atoms with Crippen molar-refractivity contribution in [1.82, 2.24) is 4.90 Å². The van der Waals surface area contributed by atoms with Gasteiger partial charge in [0.15, 0.2) is 0 Å². The summed E-state index contributed by atoms with van der Waals surface area (Å²) in [6.07, 6.45) is 9.72. The van der Waals surface area contributed by atoms with Crippen LogP contribution in [0.4, 0.5) is 0 Å². The Morgan fingerprint density at radius 3 is 2.24 bits per heavy atom. The smallest absolute Gasteiger partial charge is 0.246 e. The second-order valence-electron chi connectivity index (χ2n) is 9.77. The fourth-order valence-corrected chi connectivity index (χ4v) is 6.97. The third kappa shape index (κ3) is 3.89. The van der Waals surface area contributed by atoms with Gasteiger partial charge in [0.2, 0.25) is 15.9 Å². The van der Waals surface area contributed by atoms with Crippen LogP contribution >= 0.6 is 0 Å². The minimum absolute atomic E-state index is 0.0215. The molecule has 158 valence electrons. The summed E-state index contributed by atoms with van der Waals surface area (Å²) in [7, 11) is -1.99. The summed E-state index contributed by atoms with van der Waals surface area (Å²) < 4.78 is 23.3. The second-order valence-corrected chi connectivity index (χ2v) is 11.3. The zero-order valence-corrected chi connectivity index (χ0v) is 18.4. The molecule has 1 aromatic rings. The lowest BCUT2D eigenvalue weighted by molar-refractivity contribution is -0.126. The maximum atomic E-state index is 13.0. The third-order valence-electron chi connectivity index (χ3n) is 7.81. The van der Waals surface area contributed by atoms with Gasteiger partial charge in [-0.3, -0.25) is 4.79 Å². The van der Waals surface area contributed by atoms with E-state index in [1.807, 2.05) is 19.1 Å². The number of primary sulfonamides is 1. The summed E-state index contributed by atoms with van der Waals surface area (Å²) in [5, 5.41) is 5.25. The Morgan fingerprint density at radius 1 is 1.17 bits per heavy atom. The predicted octanol–water partition coefficient (Wildman–Crippen LogP) is 4.02. The number of benzene rings is 1. The lowest BCUT2D eigenvalue weighted by atomic mass is 9.48. The first-order chi connectivity index (χ1) is 13.6. The molecule has 1 aromatic carbocycles. The molecule has 4 saturated carbocycles. The highest BCUT2D eigenvalue weighted by Gasteiger charge is 2.51. The third-order valence-corrected chi connectivity index (χ3v) is 8.72. The number of carbonyl (C=O) groups excluding carboxylic acids is 1. The first-order valence-corrected chi connectivity index (χ1v) is 12.2. The van der Waals surface area contributed by atoms with Gasteiger partial charge in [-0.1, -0.05) is 17.7 Å². The van der Waals surface area contributed by atoms with Gasteiger partial charge in [0.1, 0.15) is 0 Å². The molecule has 0 heterocycles. The van der Waals surface area contributed by atoms with E-state index in [-0.39, 0.29) is 22.3 Å². The van der Waals surface area contributed by atoms with Crippen LogP contribution in [0.2, 0.25) is 0 Å². The summed E-state index contributed by atoms with van der Waals surface area (Å²) in [4.78, 5) is 14.8. The first-order valence-electron chi connectivity index (χ1n) is 10.7. The van der Waals surface area contributed by atoms with Crippen LogP contribution in [-0.2, 0) is 14.8 Å². The largest absolute Gasteiger partial charge is 0.335 e. The van der Waals surface area contributed by atoms with E-state index in [1.54, 1.807) is 24.1 Å². The molecule has 1 amide bonds. The number of hydrogen-bond donors (Lipinski definition) is 1. The van der Waals surface area contributed by atoms with E-state index in [2.05, 4.69) is 6.92 Å². The van der Waals surface area contributed by atoms with Crippen LogP contribution in [0.3, 0.4) is 0 Å². The summed E-state index contributed by atoms with van der Waals surface area (Å²) in [5.41, 5.74) is 2.22. The SMILES string of the molecule is C/C(=C/C(=O)N(C)C(C)c1cccc(S(N)(=O)=O)c1)C12CC3CC(CC(C3)C1)C2. The molecule has 4 aliphatic carbocycles. The Kier molecular flexibility index (Phi) is 5.14. The number of rotatable bonds is 5. The van der Waals surface area contributed by atoms with E-state index >= 15 is 0 Å². The summed E-state index contributed by atoms with van der Waals surface area (Å²) in [5.74, 6) is 2.51. The Bertz CT molecular complexity index is 915. The maximum Gasteiger partial charge on any atom is 0.246 e. The molecule has 29 heavy (non-hydrogen) atoms. The number of allylic oxidation sites excluding steroid dienone is 1. The van der Waals surface area contributed by atoms with Crippen LogP contribution in [0.15, 0.2) is 40.8 Å². The molecule has 6 heteroatoms. The molecule has 4 bridgehead atoms. The van der Waals surface area contributed by atoms with Gasteiger partial charge >= 0.3 is 0 Å². The average Bonchev–Trinajstić information content (AvgIpc) is 2.65. The zero-order valence-electron chi connectivity index (χ0n) is 17.6. The molecule has 4 aliphatic rings. The highest BCUT2D eigenvalue weighted by atomic mass is 32.2. The molecule has 4 fully saturated rings. The van der Waals surface area contributed by atoms with Gasteiger partial charge in [-0.2, -0.15) is 0 Å². The number of nitrogens with two attached hydrogens (primary N) is 1. The Labute approximate surface area is 174 Å². The average molecular weight is 417 g/mol. The number of likely N-dealkylation sites (N-methyl/N-ethyl adjacent to an activating group) is 1. The molecule has 0 spiro atoms. The first kappa shape index (κ1) is 20.6. The molecule has 2 N–H and O–H groups in total. The fraction of sp³-hybridized carbons (Fsp3) is 0.609. The number of hydrogen-bond acceptors (Lipinski definition) is 3. The number of nitrogens with zero attached hydrogens (tertiary/aromatic N) is 1. The highest BCUT2D eigenvalue weighted by Crippen LogP contribution is 2.62. The Morgan fingerprint density at radius 2 is 1.72 bits per heavy atom. The maximum absolute atomic E-state index is 13.0. The summed E-state index contributed by atoms with van der Waals surface area (Å²) in [6, 6.07) is 6.29. The Hall–Kier alpha value is -1.66. The summed E-state index contributed by atoms with van der Waals surface area (Å²) in [6.45, 7) is 4.05. The molecule has 0 aliphatic heterocycles. The van der Waals surface area contributed by atoms with Gasteiger partial charge in [-0.05, 0) is 93.2 Å². The highest BCUT2D eigenvalue weighted by molar-refractivity contribution is 7.89. The van der Waals surface area contributed by atoms with Crippen LogP contribution in [0.1, 0.15) is 64.0 Å². The molecule has 5 nitrogen and oxygen atoms in total. The lowest BCUT2D eigenvalue weighted by Crippen LogP contribution is -2.46. The zero-order chi connectivity index (χ0) is 21.0. The van der Waals surface area contributed by atoms with Crippen molar-refractivity contribution in [1.29, 1.82) is 0 Å². The van der Waals surface area contributed by atoms with Crippen LogP contribution in [0.25, 0.3) is 0 Å². The monoisotopic (exact) mass is 416 g/mol. The van der Waals surface area contributed by atoms with Crippen LogP contribution in [-0.4, -0.2) is 26.3 Å². The molecule has 1 unspecified atom stereocenters. The quantitative estimate of drug-likeness (QED) is 0.736.